The normalized spacial score (nSPS) is 11.1. The van der Waals surface area contributed by atoms with Crippen molar-refractivity contribution in [1.29, 1.82) is 0 Å². The summed E-state index contributed by atoms with van der Waals surface area (Å²) < 4.78 is 2.70. The molecule has 0 fully saturated rings. The second-order valence-corrected chi connectivity index (χ2v) is 5.29. The number of aryl methyl sites for hydroxylation is 2. The maximum absolute atomic E-state index is 11.8. The average Bonchev–Trinajstić information content (AvgIpc) is 2.73. The number of aromatic nitrogens is 4. The first kappa shape index (κ1) is 12.1. The summed E-state index contributed by atoms with van der Waals surface area (Å²) >= 11 is 3.43. The Hall–Kier alpha value is -1.95. The van der Waals surface area contributed by atoms with Gasteiger partial charge in [0.1, 0.15) is 11.2 Å². The molecule has 5 nitrogen and oxygen atoms in total. The lowest BCUT2D eigenvalue weighted by Gasteiger charge is -2.07. The van der Waals surface area contributed by atoms with E-state index in [1.165, 1.54) is 0 Å². The highest BCUT2D eigenvalue weighted by Crippen LogP contribution is 2.21. The van der Waals surface area contributed by atoms with Gasteiger partial charge in [0.25, 0.3) is 5.56 Å². The van der Waals surface area contributed by atoms with E-state index in [0.717, 1.165) is 15.7 Å². The van der Waals surface area contributed by atoms with Crippen LogP contribution in [0.25, 0.3) is 16.7 Å². The van der Waals surface area contributed by atoms with Crippen molar-refractivity contribution < 1.29 is 0 Å². The molecule has 0 atom stereocenters. The lowest BCUT2D eigenvalue weighted by Crippen LogP contribution is -2.10. The van der Waals surface area contributed by atoms with Crippen molar-refractivity contribution in [3.05, 3.63) is 50.6 Å². The number of benzene rings is 1. The Morgan fingerprint density at radius 3 is 2.84 bits per heavy atom. The van der Waals surface area contributed by atoms with Gasteiger partial charge in [0, 0.05) is 4.47 Å². The fraction of sp³-hybridized carbons (Fsp3) is 0.154. The van der Waals surface area contributed by atoms with Crippen molar-refractivity contribution in [2.75, 3.05) is 0 Å². The zero-order valence-corrected chi connectivity index (χ0v) is 12.0. The molecule has 96 valence electrons. The molecule has 0 amide bonds. The van der Waals surface area contributed by atoms with Gasteiger partial charge in [-0.05, 0) is 37.6 Å². The molecule has 2 heterocycles. The molecule has 0 aliphatic rings. The van der Waals surface area contributed by atoms with E-state index < -0.39 is 0 Å². The molecule has 0 aliphatic heterocycles. The van der Waals surface area contributed by atoms with Gasteiger partial charge in [-0.1, -0.05) is 15.9 Å². The van der Waals surface area contributed by atoms with E-state index in [9.17, 15) is 4.79 Å². The van der Waals surface area contributed by atoms with Gasteiger partial charge in [0.2, 0.25) is 0 Å². The van der Waals surface area contributed by atoms with Crippen LogP contribution in [0, 0.1) is 13.8 Å². The number of fused-ring (bicyclic) bond motifs is 1. The Bertz CT molecular complexity index is 834. The maximum Gasteiger partial charge on any atom is 0.262 e. The minimum absolute atomic E-state index is 0.163. The maximum atomic E-state index is 11.8. The summed E-state index contributed by atoms with van der Waals surface area (Å²) in [5.74, 6) is 0.578. The van der Waals surface area contributed by atoms with Gasteiger partial charge in [-0.2, -0.15) is 5.10 Å². The quantitative estimate of drug-likeness (QED) is 0.749. The molecule has 3 aromatic rings. The molecule has 6 heteroatoms. The van der Waals surface area contributed by atoms with Gasteiger partial charge < -0.3 is 4.98 Å². The molecule has 0 unspecified atom stereocenters. The van der Waals surface area contributed by atoms with Crippen molar-refractivity contribution in [3.63, 3.8) is 0 Å². The van der Waals surface area contributed by atoms with Crippen LogP contribution in [0.3, 0.4) is 0 Å². The average molecular weight is 319 g/mol. The van der Waals surface area contributed by atoms with Crippen LogP contribution in [0.15, 0.2) is 33.7 Å². The minimum atomic E-state index is -0.163. The molecule has 0 aliphatic carbocycles. The predicted octanol–water partition coefficient (Wildman–Crippen LogP) is 2.49. The van der Waals surface area contributed by atoms with Crippen LogP contribution in [0.4, 0.5) is 0 Å². The summed E-state index contributed by atoms with van der Waals surface area (Å²) in [6.45, 7) is 3.75. The zero-order chi connectivity index (χ0) is 13.6. The van der Waals surface area contributed by atoms with E-state index in [1.807, 2.05) is 25.1 Å². The third kappa shape index (κ3) is 1.98. The molecule has 0 saturated carbocycles. The van der Waals surface area contributed by atoms with Gasteiger partial charge in [0.05, 0.1) is 11.9 Å². The molecule has 0 bridgehead atoms. The summed E-state index contributed by atoms with van der Waals surface area (Å²) in [7, 11) is 0. The fourth-order valence-electron chi connectivity index (χ4n) is 2.06. The zero-order valence-electron chi connectivity index (χ0n) is 10.4. The second-order valence-electron chi connectivity index (χ2n) is 4.38. The summed E-state index contributed by atoms with van der Waals surface area (Å²) in [5, 5.41) is 4.77. The number of rotatable bonds is 1. The number of halogens is 1. The first-order chi connectivity index (χ1) is 9.06. The lowest BCUT2D eigenvalue weighted by molar-refractivity contribution is 0.880. The van der Waals surface area contributed by atoms with E-state index in [2.05, 4.69) is 31.0 Å². The molecular weight excluding hydrogens is 308 g/mol. The van der Waals surface area contributed by atoms with Gasteiger partial charge in [-0.25, -0.2) is 9.67 Å². The molecule has 1 N–H and O–H groups in total. The van der Waals surface area contributed by atoms with Crippen molar-refractivity contribution in [2.45, 2.75) is 13.8 Å². The van der Waals surface area contributed by atoms with Crippen molar-refractivity contribution in [2.24, 2.45) is 0 Å². The Morgan fingerprint density at radius 2 is 2.11 bits per heavy atom. The van der Waals surface area contributed by atoms with Crippen LogP contribution >= 0.6 is 15.9 Å². The lowest BCUT2D eigenvalue weighted by atomic mass is 10.2. The number of H-pyrrole nitrogens is 1. The minimum Gasteiger partial charge on any atom is -0.310 e. The molecule has 3 rings (SSSR count). The van der Waals surface area contributed by atoms with E-state index >= 15 is 0 Å². The highest BCUT2D eigenvalue weighted by atomic mass is 79.9. The molecule has 2 aromatic heterocycles. The van der Waals surface area contributed by atoms with Crippen LogP contribution in [-0.4, -0.2) is 19.7 Å². The molecule has 0 saturated heterocycles. The molecule has 19 heavy (non-hydrogen) atoms. The number of nitrogens with one attached hydrogen (secondary N) is 1. The Labute approximate surface area is 117 Å². The molecule has 0 spiro atoms. The first-order valence-corrected chi connectivity index (χ1v) is 6.57. The number of aromatic amines is 1. The van der Waals surface area contributed by atoms with E-state index in [4.69, 9.17) is 0 Å². The summed E-state index contributed by atoms with van der Waals surface area (Å²) in [6, 6.07) is 5.89. The van der Waals surface area contributed by atoms with Gasteiger partial charge >= 0.3 is 0 Å². The van der Waals surface area contributed by atoms with Crippen LogP contribution in [0.1, 0.15) is 11.4 Å². The van der Waals surface area contributed by atoms with E-state index in [1.54, 1.807) is 17.8 Å². The highest BCUT2D eigenvalue weighted by molar-refractivity contribution is 9.10. The van der Waals surface area contributed by atoms with Crippen molar-refractivity contribution in [1.82, 2.24) is 19.7 Å². The molecular formula is C13H11BrN4O. The van der Waals surface area contributed by atoms with Crippen LogP contribution in [0.2, 0.25) is 0 Å². The van der Waals surface area contributed by atoms with E-state index in [-0.39, 0.29) is 5.56 Å². The number of nitrogens with zero attached hydrogens (tertiary/aromatic N) is 3. The van der Waals surface area contributed by atoms with Crippen molar-refractivity contribution >= 4 is 27.0 Å². The van der Waals surface area contributed by atoms with Gasteiger partial charge in [-0.3, -0.25) is 4.79 Å². The predicted molar refractivity (Wildman–Crippen MR) is 76.7 cm³/mol. The topological polar surface area (TPSA) is 63.6 Å². The standard InChI is InChI=1S/C13H11BrN4O/c1-7-5-9(14)3-4-11(7)18-12-10(6-15-18)13(19)17-8(2)16-12/h3-6H,1-2H3,(H,16,17,19). The second kappa shape index (κ2) is 4.31. The number of hydrogen-bond acceptors (Lipinski definition) is 3. The summed E-state index contributed by atoms with van der Waals surface area (Å²) in [6.07, 6.45) is 1.54. The Morgan fingerprint density at radius 1 is 1.32 bits per heavy atom. The first-order valence-electron chi connectivity index (χ1n) is 5.77. The largest absolute Gasteiger partial charge is 0.310 e. The van der Waals surface area contributed by atoms with E-state index in [0.29, 0.717) is 16.9 Å². The van der Waals surface area contributed by atoms with Crippen molar-refractivity contribution in [3.8, 4) is 5.69 Å². The molecule has 1 aromatic carbocycles. The van der Waals surface area contributed by atoms with Gasteiger partial charge in [0.15, 0.2) is 5.65 Å². The monoisotopic (exact) mass is 318 g/mol. The van der Waals surface area contributed by atoms with Crippen LogP contribution in [-0.2, 0) is 0 Å². The third-order valence-corrected chi connectivity index (χ3v) is 3.44. The summed E-state index contributed by atoms with van der Waals surface area (Å²) in [4.78, 5) is 18.9. The third-order valence-electron chi connectivity index (χ3n) is 2.94. The Balaban J connectivity index is 2.34. The molecule has 0 radical (unpaired) electrons. The fourth-order valence-corrected chi connectivity index (χ4v) is 2.54. The van der Waals surface area contributed by atoms with Crippen LogP contribution < -0.4 is 5.56 Å². The highest BCUT2D eigenvalue weighted by Gasteiger charge is 2.11. The van der Waals surface area contributed by atoms with Gasteiger partial charge in [-0.15, -0.1) is 0 Å². The smallest absolute Gasteiger partial charge is 0.262 e. The Kier molecular flexibility index (Phi) is 2.74. The number of hydrogen-bond donors (Lipinski definition) is 1. The van der Waals surface area contributed by atoms with Crippen LogP contribution in [0.5, 0.6) is 0 Å². The summed E-state index contributed by atoms with van der Waals surface area (Å²) in [5.41, 5.74) is 2.38. The SMILES string of the molecule is Cc1nc2c(cnn2-c2ccc(Br)cc2C)c(=O)[nH]1.